The van der Waals surface area contributed by atoms with Gasteiger partial charge in [-0.2, -0.15) is 4.37 Å². The summed E-state index contributed by atoms with van der Waals surface area (Å²) in [6, 6.07) is 2.67. The van der Waals surface area contributed by atoms with Gasteiger partial charge >= 0.3 is 5.97 Å². The molecule has 2 N–H and O–H groups in total. The zero-order chi connectivity index (χ0) is 11.7. The van der Waals surface area contributed by atoms with E-state index in [1.54, 1.807) is 6.92 Å². The molecule has 0 saturated heterocycles. The van der Waals surface area contributed by atoms with Crippen LogP contribution in [0.3, 0.4) is 0 Å². The lowest BCUT2D eigenvalue weighted by atomic mass is 10.2. The number of anilines is 1. The Morgan fingerprint density at radius 3 is 3.06 bits per heavy atom. The van der Waals surface area contributed by atoms with Gasteiger partial charge in [-0.3, -0.25) is 0 Å². The van der Waals surface area contributed by atoms with Crippen molar-refractivity contribution in [1.82, 2.24) is 4.37 Å². The Labute approximate surface area is 95.0 Å². The Balaban J connectivity index is 2.56. The number of benzene rings is 1. The van der Waals surface area contributed by atoms with Crippen molar-refractivity contribution in [1.29, 1.82) is 0 Å². The lowest BCUT2D eigenvalue weighted by Crippen LogP contribution is -2.05. The van der Waals surface area contributed by atoms with Crippen LogP contribution in [0, 0.1) is 5.82 Å². The van der Waals surface area contributed by atoms with E-state index in [0.717, 1.165) is 11.5 Å². The van der Waals surface area contributed by atoms with Crippen LogP contribution in [0.25, 0.3) is 10.1 Å². The lowest BCUT2D eigenvalue weighted by Gasteiger charge is -1.99. The molecule has 0 aliphatic rings. The van der Waals surface area contributed by atoms with E-state index in [-0.39, 0.29) is 18.0 Å². The number of aromatic nitrogens is 1. The van der Waals surface area contributed by atoms with E-state index in [0.29, 0.717) is 10.1 Å². The molecule has 6 heteroatoms. The van der Waals surface area contributed by atoms with Gasteiger partial charge in [-0.25, -0.2) is 9.18 Å². The number of nitrogens with two attached hydrogens (primary N) is 1. The maximum Gasteiger partial charge on any atom is 0.358 e. The SMILES string of the molecule is CCOC(=O)c1nsc2cc(F)c(N)cc12. The summed E-state index contributed by atoms with van der Waals surface area (Å²) in [5.74, 6) is -1.02. The first kappa shape index (κ1) is 10.8. The van der Waals surface area contributed by atoms with Crippen LogP contribution in [0.15, 0.2) is 12.1 Å². The van der Waals surface area contributed by atoms with Gasteiger partial charge in [0.05, 0.1) is 17.0 Å². The van der Waals surface area contributed by atoms with Crippen LogP contribution in [0.5, 0.6) is 0 Å². The quantitative estimate of drug-likeness (QED) is 0.645. The molecule has 84 valence electrons. The van der Waals surface area contributed by atoms with Crippen molar-refractivity contribution in [2.75, 3.05) is 12.3 Å². The van der Waals surface area contributed by atoms with Crippen molar-refractivity contribution < 1.29 is 13.9 Å². The van der Waals surface area contributed by atoms with E-state index in [4.69, 9.17) is 10.5 Å². The summed E-state index contributed by atoms with van der Waals surface area (Å²) in [7, 11) is 0. The smallest absolute Gasteiger partial charge is 0.358 e. The molecule has 0 bridgehead atoms. The predicted octanol–water partition coefficient (Wildman–Crippen LogP) is 2.19. The van der Waals surface area contributed by atoms with Crippen molar-refractivity contribution in [2.24, 2.45) is 0 Å². The van der Waals surface area contributed by atoms with Crippen molar-refractivity contribution in [3.05, 3.63) is 23.6 Å². The predicted molar refractivity (Wildman–Crippen MR) is 59.9 cm³/mol. The summed E-state index contributed by atoms with van der Waals surface area (Å²) in [4.78, 5) is 11.5. The van der Waals surface area contributed by atoms with Gasteiger partial charge < -0.3 is 10.5 Å². The van der Waals surface area contributed by atoms with E-state index in [2.05, 4.69) is 4.37 Å². The zero-order valence-electron chi connectivity index (χ0n) is 8.49. The minimum Gasteiger partial charge on any atom is -0.461 e. The zero-order valence-corrected chi connectivity index (χ0v) is 9.31. The van der Waals surface area contributed by atoms with Crippen LogP contribution in [-0.4, -0.2) is 16.9 Å². The van der Waals surface area contributed by atoms with Crippen LogP contribution < -0.4 is 5.73 Å². The fourth-order valence-corrected chi connectivity index (χ4v) is 2.10. The molecule has 2 rings (SSSR count). The number of ether oxygens (including phenoxy) is 1. The molecule has 0 spiro atoms. The topological polar surface area (TPSA) is 65.2 Å². The number of nitrogen functional groups attached to an aromatic ring is 1. The number of hydrogen-bond donors (Lipinski definition) is 1. The third-order valence-corrected chi connectivity index (χ3v) is 2.87. The number of rotatable bonds is 2. The summed E-state index contributed by atoms with van der Waals surface area (Å²) in [5, 5.41) is 0.530. The van der Waals surface area contributed by atoms with Gasteiger partial charge in [0.25, 0.3) is 0 Å². The molecule has 1 aromatic carbocycles. The Bertz CT molecular complexity index is 553. The second kappa shape index (κ2) is 4.05. The van der Waals surface area contributed by atoms with Gasteiger partial charge in [-0.1, -0.05) is 0 Å². The summed E-state index contributed by atoms with van der Waals surface area (Å²) in [5.41, 5.74) is 5.62. The standard InChI is InChI=1S/C10H9FN2O2S/c1-2-15-10(14)9-5-3-7(12)6(11)4-8(5)16-13-9/h3-4H,2,12H2,1H3. The Hall–Kier alpha value is -1.69. The average Bonchev–Trinajstić information content (AvgIpc) is 2.62. The molecule has 2 aromatic rings. The number of fused-ring (bicyclic) bond motifs is 1. The van der Waals surface area contributed by atoms with Crippen LogP contribution in [0.4, 0.5) is 10.1 Å². The first-order valence-corrected chi connectivity index (χ1v) is 5.42. The Morgan fingerprint density at radius 1 is 1.62 bits per heavy atom. The molecule has 0 unspecified atom stereocenters. The third kappa shape index (κ3) is 1.71. The molecule has 0 aliphatic carbocycles. The molecule has 0 amide bonds. The van der Waals surface area contributed by atoms with Gasteiger partial charge in [-0.05, 0) is 30.6 Å². The average molecular weight is 240 g/mol. The highest BCUT2D eigenvalue weighted by Gasteiger charge is 2.16. The van der Waals surface area contributed by atoms with Crippen LogP contribution in [0.1, 0.15) is 17.4 Å². The minimum absolute atomic E-state index is 0.00162. The second-order valence-corrected chi connectivity index (χ2v) is 3.93. The van der Waals surface area contributed by atoms with Crippen molar-refractivity contribution >= 4 is 33.3 Å². The highest BCUT2D eigenvalue weighted by molar-refractivity contribution is 7.13. The van der Waals surface area contributed by atoms with E-state index in [1.165, 1.54) is 12.1 Å². The first-order valence-electron chi connectivity index (χ1n) is 4.65. The van der Waals surface area contributed by atoms with Gasteiger partial charge in [0.1, 0.15) is 5.82 Å². The molecule has 0 aliphatic heterocycles. The summed E-state index contributed by atoms with van der Waals surface area (Å²) in [6.45, 7) is 1.98. The van der Waals surface area contributed by atoms with E-state index < -0.39 is 11.8 Å². The van der Waals surface area contributed by atoms with Crippen LogP contribution in [-0.2, 0) is 4.74 Å². The fraction of sp³-hybridized carbons (Fsp3) is 0.200. The molecule has 4 nitrogen and oxygen atoms in total. The fourth-order valence-electron chi connectivity index (χ4n) is 1.32. The van der Waals surface area contributed by atoms with E-state index in [1.807, 2.05) is 0 Å². The van der Waals surface area contributed by atoms with Crippen molar-refractivity contribution in [3.63, 3.8) is 0 Å². The van der Waals surface area contributed by atoms with Crippen LogP contribution in [0.2, 0.25) is 0 Å². The summed E-state index contributed by atoms with van der Waals surface area (Å²) in [6.07, 6.45) is 0. The third-order valence-electron chi connectivity index (χ3n) is 2.06. The second-order valence-electron chi connectivity index (χ2n) is 3.12. The molecule has 0 fully saturated rings. The number of carbonyl (C=O) groups is 1. The normalized spacial score (nSPS) is 10.6. The van der Waals surface area contributed by atoms with E-state index in [9.17, 15) is 9.18 Å². The minimum atomic E-state index is -0.514. The monoisotopic (exact) mass is 240 g/mol. The molecule has 1 aromatic heterocycles. The molecule has 0 atom stereocenters. The maximum atomic E-state index is 13.1. The largest absolute Gasteiger partial charge is 0.461 e. The van der Waals surface area contributed by atoms with E-state index >= 15 is 0 Å². The summed E-state index contributed by atoms with van der Waals surface area (Å²) < 4.78 is 22.5. The van der Waals surface area contributed by atoms with Gasteiger partial charge in [0.15, 0.2) is 5.69 Å². The molecule has 16 heavy (non-hydrogen) atoms. The Morgan fingerprint density at radius 2 is 2.38 bits per heavy atom. The van der Waals surface area contributed by atoms with Crippen molar-refractivity contribution in [2.45, 2.75) is 6.92 Å². The number of halogens is 1. The van der Waals surface area contributed by atoms with Gasteiger partial charge in [0.2, 0.25) is 0 Å². The van der Waals surface area contributed by atoms with Gasteiger partial charge in [-0.15, -0.1) is 0 Å². The highest BCUT2D eigenvalue weighted by atomic mass is 32.1. The highest BCUT2D eigenvalue weighted by Crippen LogP contribution is 2.27. The molecule has 0 saturated carbocycles. The Kier molecular flexibility index (Phi) is 2.74. The van der Waals surface area contributed by atoms with Crippen LogP contribution >= 0.6 is 11.5 Å². The van der Waals surface area contributed by atoms with Crippen molar-refractivity contribution in [3.8, 4) is 0 Å². The summed E-state index contributed by atoms with van der Waals surface area (Å²) >= 11 is 1.04. The number of nitrogens with zero attached hydrogens (tertiary/aromatic N) is 1. The molecular formula is C10H9FN2O2S. The lowest BCUT2D eigenvalue weighted by molar-refractivity contribution is 0.0523. The molecule has 1 heterocycles. The number of esters is 1. The van der Waals surface area contributed by atoms with Gasteiger partial charge in [0, 0.05) is 5.39 Å². The number of carbonyl (C=O) groups excluding carboxylic acids is 1. The number of hydrogen-bond acceptors (Lipinski definition) is 5. The first-order chi connectivity index (χ1) is 7.63. The molecular weight excluding hydrogens is 231 g/mol. The maximum absolute atomic E-state index is 13.1. The molecule has 0 radical (unpaired) electrons.